The molecule has 0 saturated heterocycles. The van der Waals surface area contributed by atoms with E-state index in [4.69, 9.17) is 4.74 Å². The average Bonchev–Trinajstić information content (AvgIpc) is 2.59. The molecule has 1 aliphatic rings. The monoisotopic (exact) mass is 219 g/mol. The molecule has 1 aromatic heterocycles. The smallest absolute Gasteiger partial charge is 0.339 e. The standard InChI is InChI=1S/C13H17NO2/c1-7(2)9-5-14-12(8(3)4)10-6-16-13(15)11(9)10/h5,7-8H,6H2,1-4H3. The number of ether oxygens (including phenoxy) is 1. The third kappa shape index (κ3) is 1.60. The van der Waals surface area contributed by atoms with Gasteiger partial charge in [-0.1, -0.05) is 27.7 Å². The van der Waals surface area contributed by atoms with Gasteiger partial charge in [0.2, 0.25) is 0 Å². The summed E-state index contributed by atoms with van der Waals surface area (Å²) in [6, 6.07) is 0. The fourth-order valence-electron chi connectivity index (χ4n) is 2.12. The van der Waals surface area contributed by atoms with Gasteiger partial charge in [-0.2, -0.15) is 0 Å². The highest BCUT2D eigenvalue weighted by atomic mass is 16.5. The van der Waals surface area contributed by atoms with Gasteiger partial charge in [-0.3, -0.25) is 4.98 Å². The van der Waals surface area contributed by atoms with Crippen molar-refractivity contribution in [3.63, 3.8) is 0 Å². The Bertz CT molecular complexity index is 436. The van der Waals surface area contributed by atoms with E-state index in [0.717, 1.165) is 22.4 Å². The minimum Gasteiger partial charge on any atom is -0.457 e. The van der Waals surface area contributed by atoms with Gasteiger partial charge >= 0.3 is 5.97 Å². The molecule has 3 heteroatoms. The summed E-state index contributed by atoms with van der Waals surface area (Å²) in [6.45, 7) is 8.69. The second kappa shape index (κ2) is 3.89. The number of cyclic esters (lactones) is 1. The van der Waals surface area contributed by atoms with E-state index in [9.17, 15) is 4.79 Å². The number of carbonyl (C=O) groups excluding carboxylic acids is 1. The number of pyridine rings is 1. The number of rotatable bonds is 2. The number of hydrogen-bond acceptors (Lipinski definition) is 3. The van der Waals surface area contributed by atoms with Crippen molar-refractivity contribution in [2.75, 3.05) is 0 Å². The van der Waals surface area contributed by atoms with Gasteiger partial charge < -0.3 is 4.74 Å². The largest absolute Gasteiger partial charge is 0.457 e. The molecule has 2 rings (SSSR count). The van der Waals surface area contributed by atoms with Crippen LogP contribution in [0.1, 0.15) is 66.7 Å². The first-order chi connectivity index (χ1) is 7.52. The fourth-order valence-corrected chi connectivity index (χ4v) is 2.12. The summed E-state index contributed by atoms with van der Waals surface area (Å²) in [7, 11) is 0. The zero-order valence-corrected chi connectivity index (χ0v) is 10.2. The molecule has 0 radical (unpaired) electrons. The molecule has 0 aliphatic carbocycles. The molecule has 0 unspecified atom stereocenters. The van der Waals surface area contributed by atoms with E-state index in [-0.39, 0.29) is 5.97 Å². The summed E-state index contributed by atoms with van der Waals surface area (Å²) in [5.41, 5.74) is 3.74. The van der Waals surface area contributed by atoms with Crippen LogP contribution >= 0.6 is 0 Å². The highest BCUT2D eigenvalue weighted by Gasteiger charge is 2.29. The Balaban J connectivity index is 2.64. The molecule has 86 valence electrons. The highest BCUT2D eigenvalue weighted by Crippen LogP contribution is 2.32. The molecule has 0 amide bonds. The molecule has 3 nitrogen and oxygen atoms in total. The van der Waals surface area contributed by atoms with Gasteiger partial charge in [0.25, 0.3) is 0 Å². The Morgan fingerprint density at radius 3 is 2.50 bits per heavy atom. The molecular weight excluding hydrogens is 202 g/mol. The van der Waals surface area contributed by atoms with Crippen LogP contribution < -0.4 is 0 Å². The summed E-state index contributed by atoms with van der Waals surface area (Å²) >= 11 is 0. The molecule has 0 spiro atoms. The minimum atomic E-state index is -0.192. The Morgan fingerprint density at radius 1 is 1.25 bits per heavy atom. The minimum absolute atomic E-state index is 0.192. The molecule has 0 N–H and O–H groups in total. The van der Waals surface area contributed by atoms with Crippen LogP contribution in [0, 0.1) is 0 Å². The van der Waals surface area contributed by atoms with Crippen molar-refractivity contribution in [2.24, 2.45) is 0 Å². The van der Waals surface area contributed by atoms with E-state index < -0.39 is 0 Å². The summed E-state index contributed by atoms with van der Waals surface area (Å²) in [5, 5.41) is 0. The van der Waals surface area contributed by atoms with Crippen LogP contribution in [-0.2, 0) is 11.3 Å². The maximum Gasteiger partial charge on any atom is 0.339 e. The number of aromatic nitrogens is 1. The highest BCUT2D eigenvalue weighted by molar-refractivity contribution is 5.95. The molecule has 16 heavy (non-hydrogen) atoms. The van der Waals surface area contributed by atoms with E-state index >= 15 is 0 Å². The van der Waals surface area contributed by atoms with Gasteiger partial charge in [-0.15, -0.1) is 0 Å². The number of fused-ring (bicyclic) bond motifs is 1. The van der Waals surface area contributed by atoms with Gasteiger partial charge in [-0.25, -0.2) is 4.79 Å². The normalized spacial score (nSPS) is 14.5. The lowest BCUT2D eigenvalue weighted by atomic mass is 9.93. The molecule has 2 heterocycles. The van der Waals surface area contributed by atoms with Crippen LogP contribution in [0.3, 0.4) is 0 Å². The zero-order valence-electron chi connectivity index (χ0n) is 10.2. The van der Waals surface area contributed by atoms with E-state index in [1.807, 2.05) is 6.20 Å². The summed E-state index contributed by atoms with van der Waals surface area (Å²) < 4.78 is 5.13. The van der Waals surface area contributed by atoms with Gasteiger partial charge in [0.15, 0.2) is 0 Å². The van der Waals surface area contributed by atoms with E-state index in [1.54, 1.807) is 0 Å². The van der Waals surface area contributed by atoms with Gasteiger partial charge in [0.05, 0.1) is 11.3 Å². The fraction of sp³-hybridized carbons (Fsp3) is 0.538. The molecule has 0 bridgehead atoms. The van der Waals surface area contributed by atoms with Crippen LogP contribution in [0.25, 0.3) is 0 Å². The van der Waals surface area contributed by atoms with Gasteiger partial charge in [-0.05, 0) is 17.4 Å². The first-order valence-electron chi connectivity index (χ1n) is 5.71. The number of carbonyl (C=O) groups is 1. The number of hydrogen-bond donors (Lipinski definition) is 0. The number of nitrogens with zero attached hydrogens (tertiary/aromatic N) is 1. The van der Waals surface area contributed by atoms with Crippen LogP contribution in [0.15, 0.2) is 6.20 Å². The Morgan fingerprint density at radius 2 is 1.94 bits per heavy atom. The second-order valence-electron chi connectivity index (χ2n) is 4.84. The van der Waals surface area contributed by atoms with Gasteiger partial charge in [0.1, 0.15) is 6.61 Å². The predicted molar refractivity (Wildman–Crippen MR) is 61.5 cm³/mol. The lowest BCUT2D eigenvalue weighted by molar-refractivity contribution is 0.0533. The summed E-state index contributed by atoms with van der Waals surface area (Å²) in [4.78, 5) is 16.2. The molecule has 0 atom stereocenters. The molecule has 1 aromatic rings. The van der Waals surface area contributed by atoms with Crippen molar-refractivity contribution in [2.45, 2.75) is 46.1 Å². The van der Waals surface area contributed by atoms with Crippen molar-refractivity contribution < 1.29 is 9.53 Å². The van der Waals surface area contributed by atoms with Crippen LogP contribution in [0.2, 0.25) is 0 Å². The Kier molecular flexibility index (Phi) is 2.70. The third-order valence-electron chi connectivity index (χ3n) is 2.96. The lowest BCUT2D eigenvalue weighted by Gasteiger charge is -2.13. The van der Waals surface area contributed by atoms with Crippen molar-refractivity contribution in [3.05, 3.63) is 28.6 Å². The third-order valence-corrected chi connectivity index (χ3v) is 2.96. The molecule has 0 fully saturated rings. The van der Waals surface area contributed by atoms with Crippen molar-refractivity contribution >= 4 is 5.97 Å². The van der Waals surface area contributed by atoms with E-state index in [0.29, 0.717) is 18.4 Å². The van der Waals surface area contributed by atoms with Crippen molar-refractivity contribution in [1.82, 2.24) is 4.98 Å². The van der Waals surface area contributed by atoms with E-state index in [2.05, 4.69) is 32.7 Å². The predicted octanol–water partition coefficient (Wildman–Crippen LogP) is 3.00. The summed E-state index contributed by atoms with van der Waals surface area (Å²) in [6.07, 6.45) is 1.82. The quantitative estimate of drug-likeness (QED) is 0.718. The lowest BCUT2D eigenvalue weighted by Crippen LogP contribution is -2.07. The van der Waals surface area contributed by atoms with Crippen molar-refractivity contribution in [3.8, 4) is 0 Å². The summed E-state index contributed by atoms with van der Waals surface area (Å²) in [5.74, 6) is 0.431. The molecule has 0 aromatic carbocycles. The van der Waals surface area contributed by atoms with E-state index in [1.165, 1.54) is 0 Å². The van der Waals surface area contributed by atoms with Gasteiger partial charge in [0, 0.05) is 11.8 Å². The second-order valence-corrected chi connectivity index (χ2v) is 4.84. The Hall–Kier alpha value is -1.38. The SMILES string of the molecule is CC(C)c1cnc(C(C)C)c2c1C(=O)OC2. The average molecular weight is 219 g/mol. The van der Waals surface area contributed by atoms with Crippen molar-refractivity contribution in [1.29, 1.82) is 0 Å². The zero-order chi connectivity index (χ0) is 11.9. The maximum atomic E-state index is 11.7. The Labute approximate surface area is 95.8 Å². The maximum absolute atomic E-state index is 11.7. The first kappa shape index (κ1) is 11.1. The first-order valence-corrected chi connectivity index (χ1v) is 5.71. The van der Waals surface area contributed by atoms with Crippen LogP contribution in [0.4, 0.5) is 0 Å². The number of esters is 1. The molecular formula is C13H17NO2. The van der Waals surface area contributed by atoms with Crippen LogP contribution in [-0.4, -0.2) is 11.0 Å². The molecule has 0 saturated carbocycles. The topological polar surface area (TPSA) is 39.2 Å². The molecule has 1 aliphatic heterocycles. The van der Waals surface area contributed by atoms with Crippen LogP contribution in [0.5, 0.6) is 0 Å².